The normalized spacial score (nSPS) is 16.3. The summed E-state index contributed by atoms with van der Waals surface area (Å²) in [4.78, 5) is 2.45. The molecule has 0 radical (unpaired) electrons. The summed E-state index contributed by atoms with van der Waals surface area (Å²) in [6.07, 6.45) is 1.22. The van der Waals surface area contributed by atoms with E-state index in [0.29, 0.717) is 0 Å². The summed E-state index contributed by atoms with van der Waals surface area (Å²) in [6.45, 7) is 6.24. The molecule has 0 saturated carbocycles. The van der Waals surface area contributed by atoms with Crippen LogP contribution in [0.2, 0.25) is 0 Å². The van der Waals surface area contributed by atoms with Crippen molar-refractivity contribution < 1.29 is 9.47 Å². The summed E-state index contributed by atoms with van der Waals surface area (Å²) in [5.74, 6) is 1.77. The van der Waals surface area contributed by atoms with E-state index in [1.807, 2.05) is 24.3 Å². The zero-order valence-corrected chi connectivity index (χ0v) is 12.2. The molecule has 1 saturated heterocycles. The highest BCUT2D eigenvalue weighted by molar-refractivity contribution is 5.85. The van der Waals surface area contributed by atoms with Gasteiger partial charge in [-0.3, -0.25) is 4.90 Å². The fourth-order valence-electron chi connectivity index (χ4n) is 2.09. The molecule has 4 nitrogen and oxygen atoms in total. The summed E-state index contributed by atoms with van der Waals surface area (Å²) in [7, 11) is 1.67. The molecule has 5 heteroatoms. The van der Waals surface area contributed by atoms with Gasteiger partial charge in [0, 0.05) is 19.6 Å². The number of ether oxygens (including phenoxy) is 2. The summed E-state index contributed by atoms with van der Waals surface area (Å²) in [5.41, 5.74) is 0. The number of nitrogens with one attached hydrogen (secondary N) is 1. The minimum absolute atomic E-state index is 0. The van der Waals surface area contributed by atoms with E-state index in [9.17, 15) is 0 Å². The van der Waals surface area contributed by atoms with Crippen LogP contribution in [0.3, 0.4) is 0 Å². The average molecular weight is 287 g/mol. The summed E-state index contributed by atoms with van der Waals surface area (Å²) in [5, 5.41) is 3.40. The molecule has 1 N–H and O–H groups in total. The Morgan fingerprint density at radius 2 is 1.84 bits per heavy atom. The Morgan fingerprint density at radius 1 is 1.11 bits per heavy atom. The zero-order chi connectivity index (χ0) is 12.6. The van der Waals surface area contributed by atoms with E-state index in [0.717, 1.165) is 44.3 Å². The van der Waals surface area contributed by atoms with Crippen LogP contribution in [0.5, 0.6) is 11.5 Å². The average Bonchev–Trinajstić information content (AvgIpc) is 2.68. The third kappa shape index (κ3) is 5.68. The largest absolute Gasteiger partial charge is 0.497 e. The van der Waals surface area contributed by atoms with E-state index in [1.165, 1.54) is 13.0 Å². The molecule has 0 aromatic heterocycles. The van der Waals surface area contributed by atoms with E-state index < -0.39 is 0 Å². The molecule has 0 atom stereocenters. The third-order valence-electron chi connectivity index (χ3n) is 3.17. The summed E-state index contributed by atoms with van der Waals surface area (Å²) >= 11 is 0. The molecule has 0 aliphatic carbocycles. The van der Waals surface area contributed by atoms with E-state index in [2.05, 4.69) is 10.2 Å². The van der Waals surface area contributed by atoms with Gasteiger partial charge in [0.25, 0.3) is 0 Å². The van der Waals surface area contributed by atoms with Gasteiger partial charge in [-0.1, -0.05) is 0 Å². The maximum Gasteiger partial charge on any atom is 0.119 e. The van der Waals surface area contributed by atoms with Crippen LogP contribution in [-0.4, -0.2) is 51.3 Å². The van der Waals surface area contributed by atoms with Gasteiger partial charge in [0.1, 0.15) is 18.1 Å². The lowest BCUT2D eigenvalue weighted by molar-refractivity contribution is 0.217. The molecule has 1 fully saturated rings. The topological polar surface area (TPSA) is 33.7 Å². The maximum absolute atomic E-state index is 5.73. The van der Waals surface area contributed by atoms with Crippen LogP contribution in [0, 0.1) is 0 Å². The van der Waals surface area contributed by atoms with Gasteiger partial charge >= 0.3 is 0 Å². The molecule has 0 amide bonds. The van der Waals surface area contributed by atoms with Crippen molar-refractivity contribution in [1.29, 1.82) is 0 Å². The van der Waals surface area contributed by atoms with Gasteiger partial charge < -0.3 is 14.8 Å². The van der Waals surface area contributed by atoms with E-state index >= 15 is 0 Å². The lowest BCUT2D eigenvalue weighted by Crippen LogP contribution is -2.31. The number of halogens is 1. The molecule has 1 aliphatic heterocycles. The van der Waals surface area contributed by atoms with Crippen LogP contribution in [0.4, 0.5) is 0 Å². The first-order chi connectivity index (χ1) is 8.88. The molecule has 19 heavy (non-hydrogen) atoms. The number of benzene rings is 1. The van der Waals surface area contributed by atoms with E-state index in [4.69, 9.17) is 9.47 Å². The first-order valence-electron chi connectivity index (χ1n) is 6.58. The van der Waals surface area contributed by atoms with Gasteiger partial charge in [-0.2, -0.15) is 0 Å². The first kappa shape index (κ1) is 16.1. The minimum Gasteiger partial charge on any atom is -0.497 e. The van der Waals surface area contributed by atoms with E-state index in [-0.39, 0.29) is 12.4 Å². The van der Waals surface area contributed by atoms with Crippen molar-refractivity contribution in [3.8, 4) is 11.5 Å². The van der Waals surface area contributed by atoms with Crippen LogP contribution < -0.4 is 14.8 Å². The second-order valence-electron chi connectivity index (χ2n) is 4.47. The lowest BCUT2D eigenvalue weighted by Gasteiger charge is -2.19. The Hall–Kier alpha value is -0.970. The lowest BCUT2D eigenvalue weighted by atomic mass is 10.3. The second kappa shape index (κ2) is 9.02. The third-order valence-corrected chi connectivity index (χ3v) is 3.17. The highest BCUT2D eigenvalue weighted by atomic mass is 35.5. The van der Waals surface area contributed by atoms with Gasteiger partial charge in [-0.05, 0) is 43.8 Å². The van der Waals surface area contributed by atoms with Crippen molar-refractivity contribution >= 4 is 12.4 Å². The Balaban J connectivity index is 0.00000180. The number of hydrogen-bond donors (Lipinski definition) is 1. The van der Waals surface area contributed by atoms with Crippen molar-refractivity contribution in [1.82, 2.24) is 10.2 Å². The molecule has 0 bridgehead atoms. The zero-order valence-electron chi connectivity index (χ0n) is 11.4. The fourth-order valence-corrected chi connectivity index (χ4v) is 2.09. The summed E-state index contributed by atoms with van der Waals surface area (Å²) in [6, 6.07) is 7.74. The second-order valence-corrected chi connectivity index (χ2v) is 4.47. The van der Waals surface area contributed by atoms with Crippen LogP contribution in [0.25, 0.3) is 0 Å². The SMILES string of the molecule is COc1ccc(OCCN2CCCNCC2)cc1.Cl. The standard InChI is InChI=1S/C14H22N2O2.ClH/c1-17-13-3-5-14(6-4-13)18-12-11-16-9-2-7-15-8-10-16;/h3-6,15H,2,7-12H2,1H3;1H. The van der Waals surface area contributed by atoms with Crippen molar-refractivity contribution in [2.45, 2.75) is 6.42 Å². The van der Waals surface area contributed by atoms with Gasteiger partial charge in [0.2, 0.25) is 0 Å². The van der Waals surface area contributed by atoms with Crippen molar-refractivity contribution in [2.75, 3.05) is 46.4 Å². The Bertz CT molecular complexity index is 338. The molecule has 2 rings (SSSR count). The van der Waals surface area contributed by atoms with Crippen molar-refractivity contribution in [3.63, 3.8) is 0 Å². The van der Waals surface area contributed by atoms with Crippen molar-refractivity contribution in [3.05, 3.63) is 24.3 Å². The number of methoxy groups -OCH3 is 1. The van der Waals surface area contributed by atoms with Gasteiger partial charge in [-0.15, -0.1) is 12.4 Å². The van der Waals surface area contributed by atoms with E-state index in [1.54, 1.807) is 7.11 Å². The van der Waals surface area contributed by atoms with Crippen LogP contribution >= 0.6 is 12.4 Å². The molecule has 1 heterocycles. The smallest absolute Gasteiger partial charge is 0.119 e. The molecular weight excluding hydrogens is 264 g/mol. The van der Waals surface area contributed by atoms with Crippen LogP contribution in [0.1, 0.15) is 6.42 Å². The Morgan fingerprint density at radius 3 is 2.58 bits per heavy atom. The van der Waals surface area contributed by atoms with Crippen LogP contribution in [0.15, 0.2) is 24.3 Å². The monoisotopic (exact) mass is 286 g/mol. The minimum atomic E-state index is 0. The quantitative estimate of drug-likeness (QED) is 0.895. The molecule has 1 aliphatic rings. The van der Waals surface area contributed by atoms with Gasteiger partial charge in [0.05, 0.1) is 7.11 Å². The number of rotatable bonds is 5. The molecule has 0 spiro atoms. The molecular formula is C14H23ClN2O2. The number of nitrogens with zero attached hydrogens (tertiary/aromatic N) is 1. The van der Waals surface area contributed by atoms with Gasteiger partial charge in [-0.25, -0.2) is 0 Å². The predicted molar refractivity (Wildman–Crippen MR) is 79.7 cm³/mol. The fraction of sp³-hybridized carbons (Fsp3) is 0.571. The highest BCUT2D eigenvalue weighted by Crippen LogP contribution is 2.16. The molecule has 108 valence electrons. The maximum atomic E-state index is 5.73. The predicted octanol–water partition coefficient (Wildman–Crippen LogP) is 1.79. The van der Waals surface area contributed by atoms with Gasteiger partial charge in [0.15, 0.2) is 0 Å². The summed E-state index contributed by atoms with van der Waals surface area (Å²) < 4.78 is 10.8. The number of hydrogen-bond acceptors (Lipinski definition) is 4. The molecule has 1 aromatic rings. The van der Waals surface area contributed by atoms with Crippen molar-refractivity contribution in [2.24, 2.45) is 0 Å². The Kier molecular flexibility index (Phi) is 7.63. The van der Waals surface area contributed by atoms with Crippen LogP contribution in [-0.2, 0) is 0 Å². The molecule has 1 aromatic carbocycles. The first-order valence-corrected chi connectivity index (χ1v) is 6.58. The Labute approximate surface area is 121 Å². The molecule has 0 unspecified atom stereocenters. The highest BCUT2D eigenvalue weighted by Gasteiger charge is 2.07.